The molecule has 7 nitrogen and oxygen atoms in total. The number of benzene rings is 1. The number of fused-ring (bicyclic) bond motifs is 2. The highest BCUT2D eigenvalue weighted by Gasteiger charge is 2.49. The van der Waals surface area contributed by atoms with Gasteiger partial charge >= 0.3 is 0 Å². The van der Waals surface area contributed by atoms with Crippen LogP contribution in [-0.4, -0.2) is 38.2 Å². The number of rotatable bonds is 4. The molecule has 0 radical (unpaired) electrons. The van der Waals surface area contributed by atoms with E-state index in [4.69, 9.17) is 0 Å². The fourth-order valence-corrected chi connectivity index (χ4v) is 6.04. The van der Waals surface area contributed by atoms with Crippen LogP contribution in [0.25, 0.3) is 22.4 Å². The molecular weight excluding hydrogens is 414 g/mol. The van der Waals surface area contributed by atoms with Crippen LogP contribution < -0.4 is 10.5 Å². The number of aryl methyl sites for hydroxylation is 1. The molecule has 2 saturated carbocycles. The first-order valence-corrected chi connectivity index (χ1v) is 11.6. The summed E-state index contributed by atoms with van der Waals surface area (Å²) >= 11 is 0. The number of nitrogens with zero attached hydrogens (tertiary/aromatic N) is 5. The van der Waals surface area contributed by atoms with Gasteiger partial charge in [-0.25, -0.2) is 4.68 Å². The van der Waals surface area contributed by atoms with Gasteiger partial charge in [-0.05, 0) is 72.8 Å². The molecule has 2 fully saturated rings. The largest absolute Gasteiger partial charge is 0.507 e. The second-order valence-electron chi connectivity index (χ2n) is 10.7. The predicted octanol–water partition coefficient (Wildman–Crippen LogP) is 4.41. The van der Waals surface area contributed by atoms with Crippen molar-refractivity contribution >= 4 is 5.82 Å². The first-order valence-electron chi connectivity index (χ1n) is 11.6. The average molecular weight is 446 g/mol. The van der Waals surface area contributed by atoms with Gasteiger partial charge < -0.3 is 10.0 Å². The second-order valence-corrected chi connectivity index (χ2v) is 10.7. The van der Waals surface area contributed by atoms with Gasteiger partial charge in [-0.15, -0.1) is 10.2 Å². The van der Waals surface area contributed by atoms with E-state index in [9.17, 15) is 9.90 Å². The molecule has 0 aliphatic heterocycles. The lowest BCUT2D eigenvalue weighted by Gasteiger charge is -2.44. The molecule has 2 aromatic heterocycles. The number of aromatic nitrogens is 4. The Bertz CT molecular complexity index is 1240. The number of hydrogen-bond donors (Lipinski definition) is 1. The average Bonchev–Trinajstić information content (AvgIpc) is 3.01. The van der Waals surface area contributed by atoms with Crippen LogP contribution in [0.4, 0.5) is 5.82 Å². The predicted molar refractivity (Wildman–Crippen MR) is 129 cm³/mol. The maximum atomic E-state index is 11.9. The molecule has 0 amide bonds. The van der Waals surface area contributed by atoms with Gasteiger partial charge in [0.05, 0.1) is 11.9 Å². The van der Waals surface area contributed by atoms with Gasteiger partial charge in [0, 0.05) is 37.3 Å². The van der Waals surface area contributed by atoms with Crippen LogP contribution in [0, 0.1) is 10.8 Å². The smallest absolute Gasteiger partial charge is 0.267 e. The molecule has 5 rings (SSSR count). The molecule has 2 aliphatic rings. The minimum atomic E-state index is -0.199. The molecule has 2 heterocycles. The van der Waals surface area contributed by atoms with E-state index in [1.807, 2.05) is 18.2 Å². The minimum Gasteiger partial charge on any atom is -0.507 e. The maximum absolute atomic E-state index is 11.9. The van der Waals surface area contributed by atoms with Gasteiger partial charge in [0.25, 0.3) is 5.56 Å². The monoisotopic (exact) mass is 445 g/mol. The Morgan fingerprint density at radius 3 is 2.36 bits per heavy atom. The van der Waals surface area contributed by atoms with Gasteiger partial charge in [0.15, 0.2) is 5.82 Å². The summed E-state index contributed by atoms with van der Waals surface area (Å²) in [6, 6.07) is 11.2. The third-order valence-corrected chi connectivity index (χ3v) is 7.78. The van der Waals surface area contributed by atoms with E-state index in [1.165, 1.54) is 42.9 Å². The summed E-state index contributed by atoms with van der Waals surface area (Å²) in [6.45, 7) is 4.87. The summed E-state index contributed by atoms with van der Waals surface area (Å²) in [5, 5.41) is 23.6. The first-order chi connectivity index (χ1) is 15.6. The van der Waals surface area contributed by atoms with Crippen LogP contribution in [0.1, 0.15) is 46.0 Å². The molecular formula is C26H31N5O2. The lowest BCUT2D eigenvalue weighted by Crippen LogP contribution is -2.42. The summed E-state index contributed by atoms with van der Waals surface area (Å²) in [5.74, 6) is 0.952. The van der Waals surface area contributed by atoms with E-state index in [0.717, 1.165) is 11.4 Å². The van der Waals surface area contributed by atoms with Crippen molar-refractivity contribution in [2.75, 3.05) is 11.9 Å². The van der Waals surface area contributed by atoms with Crippen molar-refractivity contribution in [1.82, 2.24) is 20.0 Å². The summed E-state index contributed by atoms with van der Waals surface area (Å²) in [6.07, 6.45) is 7.98. The second kappa shape index (κ2) is 7.68. The van der Waals surface area contributed by atoms with Gasteiger partial charge in [-0.1, -0.05) is 19.9 Å². The number of phenols is 1. The topological polar surface area (TPSA) is 84.1 Å². The van der Waals surface area contributed by atoms with E-state index in [1.54, 1.807) is 25.4 Å². The zero-order valence-corrected chi connectivity index (χ0v) is 19.7. The Morgan fingerprint density at radius 1 is 1.03 bits per heavy atom. The minimum absolute atomic E-state index is 0.0910. The van der Waals surface area contributed by atoms with Gasteiger partial charge in [0.2, 0.25) is 0 Å². The zero-order valence-electron chi connectivity index (χ0n) is 19.7. The first kappa shape index (κ1) is 21.6. The normalized spacial score (nSPS) is 26.4. The van der Waals surface area contributed by atoms with Crippen molar-refractivity contribution in [1.29, 1.82) is 0 Å². The van der Waals surface area contributed by atoms with Gasteiger partial charge in [0.1, 0.15) is 5.75 Å². The van der Waals surface area contributed by atoms with E-state index >= 15 is 0 Å². The lowest BCUT2D eigenvalue weighted by molar-refractivity contribution is 0.148. The number of anilines is 1. The summed E-state index contributed by atoms with van der Waals surface area (Å²) in [4.78, 5) is 14.2. The summed E-state index contributed by atoms with van der Waals surface area (Å²) in [5.41, 5.74) is 3.27. The molecule has 3 atom stereocenters. The highest BCUT2D eigenvalue weighted by molar-refractivity contribution is 5.74. The van der Waals surface area contributed by atoms with Crippen LogP contribution in [0.5, 0.6) is 5.75 Å². The molecule has 33 heavy (non-hydrogen) atoms. The van der Waals surface area contributed by atoms with Crippen LogP contribution in [0.2, 0.25) is 0 Å². The molecule has 7 heteroatoms. The number of hydrogen-bond acceptors (Lipinski definition) is 6. The van der Waals surface area contributed by atoms with Crippen molar-refractivity contribution in [3.05, 3.63) is 52.9 Å². The fraction of sp³-hybridized carbons (Fsp3) is 0.462. The third kappa shape index (κ3) is 4.01. The van der Waals surface area contributed by atoms with Crippen LogP contribution >= 0.6 is 0 Å². The molecule has 0 unspecified atom stereocenters. The van der Waals surface area contributed by atoms with Crippen molar-refractivity contribution in [2.45, 2.75) is 52.0 Å². The van der Waals surface area contributed by atoms with Crippen molar-refractivity contribution in [3.63, 3.8) is 0 Å². The molecule has 172 valence electrons. The standard InChI is InChI=1S/C26H31N5O2/c1-25-9-10-26(2,16-25)14-19(13-25)30(3)23-8-7-21(28-29-23)20-6-5-17(11-22(20)32)18-12-24(33)31(4)27-15-18/h5-8,11-12,15,19,32H,9-10,13-14,16H2,1-4H3/t19-,25-,26+. The van der Waals surface area contributed by atoms with Crippen LogP contribution in [0.15, 0.2) is 47.4 Å². The Morgan fingerprint density at radius 2 is 1.76 bits per heavy atom. The maximum Gasteiger partial charge on any atom is 0.267 e. The molecule has 0 saturated heterocycles. The molecule has 1 aromatic carbocycles. The molecule has 1 N–H and O–H groups in total. The molecule has 2 aliphatic carbocycles. The van der Waals surface area contributed by atoms with Crippen molar-refractivity contribution in [3.8, 4) is 28.1 Å². The molecule has 0 spiro atoms. The number of phenolic OH excluding ortho intramolecular Hbond substituents is 1. The Labute approximate surface area is 194 Å². The highest BCUT2D eigenvalue weighted by atomic mass is 16.3. The van der Waals surface area contributed by atoms with E-state index in [2.05, 4.69) is 41.1 Å². The Kier molecular flexibility index (Phi) is 5.03. The van der Waals surface area contributed by atoms with Crippen molar-refractivity contribution in [2.24, 2.45) is 17.9 Å². The summed E-state index contributed by atoms with van der Waals surface area (Å²) < 4.78 is 1.27. The SMILES string of the molecule is CN(c1ccc(-c2ccc(-c3cnn(C)c(=O)c3)cc2O)nn1)[C@H]1C[C@]2(C)CC[C@](C)(C1)C2. The summed E-state index contributed by atoms with van der Waals surface area (Å²) in [7, 11) is 3.72. The Hall–Kier alpha value is -3.22. The zero-order chi connectivity index (χ0) is 23.4. The van der Waals surface area contributed by atoms with Gasteiger partial charge in [-0.2, -0.15) is 5.10 Å². The van der Waals surface area contributed by atoms with E-state index in [0.29, 0.717) is 33.7 Å². The lowest BCUT2D eigenvalue weighted by atomic mass is 9.68. The third-order valence-electron chi connectivity index (χ3n) is 7.78. The van der Waals surface area contributed by atoms with Crippen molar-refractivity contribution < 1.29 is 5.11 Å². The Balaban J connectivity index is 1.36. The quantitative estimate of drug-likeness (QED) is 0.641. The van der Waals surface area contributed by atoms with E-state index in [-0.39, 0.29) is 11.3 Å². The highest BCUT2D eigenvalue weighted by Crippen LogP contribution is 2.58. The van der Waals surface area contributed by atoms with E-state index < -0.39 is 0 Å². The number of aromatic hydroxyl groups is 1. The van der Waals surface area contributed by atoms with Crippen LogP contribution in [0.3, 0.4) is 0 Å². The van der Waals surface area contributed by atoms with Gasteiger partial charge in [-0.3, -0.25) is 4.79 Å². The molecule has 2 bridgehead atoms. The fourth-order valence-electron chi connectivity index (χ4n) is 6.04. The van der Waals surface area contributed by atoms with Crippen LogP contribution in [-0.2, 0) is 7.05 Å². The molecule has 3 aromatic rings.